The molecule has 7 heteroatoms. The van der Waals surface area contributed by atoms with Crippen molar-refractivity contribution in [1.29, 1.82) is 0 Å². The number of anilines is 1. The van der Waals surface area contributed by atoms with Crippen LogP contribution in [0.1, 0.15) is 12.5 Å². The highest BCUT2D eigenvalue weighted by Crippen LogP contribution is 2.15. The number of nitrogens with one attached hydrogen (secondary N) is 2. The molecule has 0 spiro atoms. The largest absolute Gasteiger partial charge is 0.508 e. The summed E-state index contributed by atoms with van der Waals surface area (Å²) in [5.74, 6) is -0.985. The van der Waals surface area contributed by atoms with E-state index in [2.05, 4.69) is 15.8 Å². The predicted molar refractivity (Wildman–Crippen MR) is 90.1 cm³/mol. The van der Waals surface area contributed by atoms with E-state index < -0.39 is 11.8 Å². The maximum atomic E-state index is 11.8. The van der Waals surface area contributed by atoms with Gasteiger partial charge in [-0.25, -0.2) is 5.43 Å². The van der Waals surface area contributed by atoms with Crippen LogP contribution in [0, 0.1) is 0 Å². The summed E-state index contributed by atoms with van der Waals surface area (Å²) in [5, 5.41) is 15.4. The van der Waals surface area contributed by atoms with Gasteiger partial charge in [0.2, 0.25) is 0 Å². The monoisotopic (exact) mass is 327 g/mol. The van der Waals surface area contributed by atoms with Gasteiger partial charge in [-0.05, 0) is 48.9 Å². The minimum absolute atomic E-state index is 0.0820. The molecule has 3 N–H and O–H groups in total. The zero-order valence-corrected chi connectivity index (χ0v) is 13.0. The van der Waals surface area contributed by atoms with Crippen molar-refractivity contribution in [1.82, 2.24) is 5.43 Å². The Morgan fingerprint density at radius 2 is 1.92 bits per heavy atom. The average Bonchev–Trinajstić information content (AvgIpc) is 2.57. The zero-order chi connectivity index (χ0) is 17.4. The predicted octanol–water partition coefficient (Wildman–Crippen LogP) is 1.88. The molecule has 0 radical (unpaired) electrons. The molecular formula is C17H17N3O4. The third-order valence-electron chi connectivity index (χ3n) is 2.88. The van der Waals surface area contributed by atoms with Gasteiger partial charge in [-0.2, -0.15) is 5.10 Å². The summed E-state index contributed by atoms with van der Waals surface area (Å²) in [5.41, 5.74) is 3.17. The number of amides is 2. The van der Waals surface area contributed by atoms with Gasteiger partial charge in [0.05, 0.1) is 12.8 Å². The van der Waals surface area contributed by atoms with Crippen LogP contribution < -0.4 is 15.5 Å². The van der Waals surface area contributed by atoms with E-state index in [0.29, 0.717) is 23.6 Å². The first kappa shape index (κ1) is 17.0. The Kier molecular flexibility index (Phi) is 5.90. The molecule has 0 aliphatic carbocycles. The fourth-order valence-corrected chi connectivity index (χ4v) is 1.81. The van der Waals surface area contributed by atoms with Crippen molar-refractivity contribution in [3.63, 3.8) is 0 Å². The molecule has 0 saturated carbocycles. The Balaban J connectivity index is 1.86. The molecule has 0 saturated heterocycles. The van der Waals surface area contributed by atoms with Crippen molar-refractivity contribution in [2.75, 3.05) is 11.9 Å². The van der Waals surface area contributed by atoms with Crippen molar-refractivity contribution in [2.24, 2.45) is 5.10 Å². The average molecular weight is 327 g/mol. The molecule has 0 heterocycles. The smallest absolute Gasteiger partial charge is 0.329 e. The standard InChI is InChI=1S/C17H17N3O4/c1-2-24-15-8-6-13(7-9-15)19-16(22)17(23)20-18-11-12-4-3-5-14(21)10-12/h3-11,21H,2H2,1H3,(H,19,22)(H,20,23)/b18-11-. The number of rotatable bonds is 5. The summed E-state index contributed by atoms with van der Waals surface area (Å²) in [6, 6.07) is 13.0. The second-order valence-electron chi connectivity index (χ2n) is 4.71. The van der Waals surface area contributed by atoms with Gasteiger partial charge in [-0.3, -0.25) is 9.59 Å². The van der Waals surface area contributed by atoms with Crippen LogP contribution in [0.3, 0.4) is 0 Å². The highest BCUT2D eigenvalue weighted by atomic mass is 16.5. The molecular weight excluding hydrogens is 310 g/mol. The number of hydrogen-bond acceptors (Lipinski definition) is 5. The third-order valence-corrected chi connectivity index (χ3v) is 2.88. The summed E-state index contributed by atoms with van der Waals surface area (Å²) in [6.45, 7) is 2.42. The minimum atomic E-state index is -0.903. The lowest BCUT2D eigenvalue weighted by molar-refractivity contribution is -0.136. The number of benzene rings is 2. The number of phenols is 1. The van der Waals surface area contributed by atoms with Gasteiger partial charge in [-0.1, -0.05) is 12.1 Å². The van der Waals surface area contributed by atoms with Crippen LogP contribution in [-0.4, -0.2) is 29.7 Å². The van der Waals surface area contributed by atoms with Crippen LogP contribution in [0.25, 0.3) is 0 Å². The Morgan fingerprint density at radius 3 is 2.58 bits per heavy atom. The molecule has 0 bridgehead atoms. The molecule has 0 aliphatic rings. The van der Waals surface area contributed by atoms with Crippen molar-refractivity contribution < 1.29 is 19.4 Å². The molecule has 2 amide bonds. The zero-order valence-electron chi connectivity index (χ0n) is 13.0. The van der Waals surface area contributed by atoms with E-state index in [9.17, 15) is 14.7 Å². The van der Waals surface area contributed by atoms with Crippen molar-refractivity contribution in [3.05, 3.63) is 54.1 Å². The van der Waals surface area contributed by atoms with E-state index in [1.165, 1.54) is 18.3 Å². The maximum absolute atomic E-state index is 11.8. The van der Waals surface area contributed by atoms with E-state index >= 15 is 0 Å². The van der Waals surface area contributed by atoms with Crippen LogP contribution >= 0.6 is 0 Å². The first-order valence-electron chi connectivity index (χ1n) is 7.24. The van der Waals surface area contributed by atoms with Gasteiger partial charge < -0.3 is 15.2 Å². The molecule has 0 aromatic heterocycles. The minimum Gasteiger partial charge on any atom is -0.508 e. The number of aromatic hydroxyl groups is 1. The van der Waals surface area contributed by atoms with Crippen LogP contribution in [0.5, 0.6) is 11.5 Å². The lowest BCUT2D eigenvalue weighted by atomic mass is 10.2. The number of carbonyl (C=O) groups is 2. The lowest BCUT2D eigenvalue weighted by Gasteiger charge is -2.06. The number of ether oxygens (including phenoxy) is 1. The second kappa shape index (κ2) is 8.33. The summed E-state index contributed by atoms with van der Waals surface area (Å²) < 4.78 is 5.29. The number of hydrogen-bond donors (Lipinski definition) is 3. The van der Waals surface area contributed by atoms with Gasteiger partial charge in [0.1, 0.15) is 11.5 Å². The van der Waals surface area contributed by atoms with Crippen molar-refractivity contribution in [2.45, 2.75) is 6.92 Å². The number of phenolic OH excluding ortho intramolecular Hbond substituents is 1. The van der Waals surface area contributed by atoms with Gasteiger partial charge in [0.15, 0.2) is 0 Å². The van der Waals surface area contributed by atoms with Crippen molar-refractivity contribution >= 4 is 23.7 Å². The summed E-state index contributed by atoms with van der Waals surface area (Å²) in [7, 11) is 0. The van der Waals surface area contributed by atoms with Crippen LogP contribution in [0.2, 0.25) is 0 Å². The van der Waals surface area contributed by atoms with Crippen LogP contribution in [0.15, 0.2) is 53.6 Å². The highest BCUT2D eigenvalue weighted by molar-refractivity contribution is 6.39. The van der Waals surface area contributed by atoms with E-state index in [-0.39, 0.29) is 5.75 Å². The Labute approximate surface area is 139 Å². The van der Waals surface area contributed by atoms with Gasteiger partial charge >= 0.3 is 11.8 Å². The maximum Gasteiger partial charge on any atom is 0.329 e. The molecule has 2 aromatic carbocycles. The Hall–Kier alpha value is -3.35. The van der Waals surface area contributed by atoms with E-state index in [4.69, 9.17) is 4.74 Å². The lowest BCUT2D eigenvalue weighted by Crippen LogP contribution is -2.32. The summed E-state index contributed by atoms with van der Waals surface area (Å²) in [6.07, 6.45) is 1.32. The molecule has 0 aliphatic heterocycles. The fourth-order valence-electron chi connectivity index (χ4n) is 1.81. The molecule has 24 heavy (non-hydrogen) atoms. The van der Waals surface area contributed by atoms with Gasteiger partial charge in [-0.15, -0.1) is 0 Å². The summed E-state index contributed by atoms with van der Waals surface area (Å²) in [4.78, 5) is 23.4. The first-order chi connectivity index (χ1) is 11.6. The number of hydrazone groups is 1. The quantitative estimate of drug-likeness (QED) is 0.443. The van der Waals surface area contributed by atoms with Gasteiger partial charge in [0, 0.05) is 5.69 Å². The second-order valence-corrected chi connectivity index (χ2v) is 4.71. The topological polar surface area (TPSA) is 100 Å². The van der Waals surface area contributed by atoms with E-state index in [1.807, 2.05) is 6.92 Å². The summed E-state index contributed by atoms with van der Waals surface area (Å²) >= 11 is 0. The molecule has 2 aromatic rings. The van der Waals surface area contributed by atoms with Crippen LogP contribution in [-0.2, 0) is 9.59 Å². The van der Waals surface area contributed by atoms with Crippen LogP contribution in [0.4, 0.5) is 5.69 Å². The molecule has 0 atom stereocenters. The number of nitrogens with zero attached hydrogens (tertiary/aromatic N) is 1. The third kappa shape index (κ3) is 5.13. The SMILES string of the molecule is CCOc1ccc(NC(=O)C(=O)N/N=C\c2cccc(O)c2)cc1. The Bertz CT molecular complexity index is 742. The molecule has 0 unspecified atom stereocenters. The number of carbonyl (C=O) groups excluding carboxylic acids is 2. The fraction of sp³-hybridized carbons (Fsp3) is 0.118. The molecule has 0 fully saturated rings. The highest BCUT2D eigenvalue weighted by Gasteiger charge is 2.12. The van der Waals surface area contributed by atoms with Gasteiger partial charge in [0.25, 0.3) is 0 Å². The molecule has 124 valence electrons. The van der Waals surface area contributed by atoms with E-state index in [1.54, 1.807) is 36.4 Å². The normalized spacial score (nSPS) is 10.4. The molecule has 7 nitrogen and oxygen atoms in total. The molecule has 2 rings (SSSR count). The first-order valence-corrected chi connectivity index (χ1v) is 7.24. The van der Waals surface area contributed by atoms with E-state index in [0.717, 1.165) is 0 Å². The van der Waals surface area contributed by atoms with Crippen molar-refractivity contribution in [3.8, 4) is 11.5 Å². The Morgan fingerprint density at radius 1 is 1.17 bits per heavy atom.